The van der Waals surface area contributed by atoms with Gasteiger partial charge in [0.15, 0.2) is 5.78 Å². The zero-order chi connectivity index (χ0) is 27.4. The lowest BCUT2D eigenvalue weighted by molar-refractivity contribution is -0.142. The number of urea groups is 1. The van der Waals surface area contributed by atoms with Crippen LogP contribution in [0.25, 0.3) is 11.1 Å². The predicted octanol–water partition coefficient (Wildman–Crippen LogP) is 4.69. The normalized spacial score (nSPS) is 15.0. The average molecular weight is 526 g/mol. The number of benzene rings is 3. The first kappa shape index (κ1) is 26.9. The van der Waals surface area contributed by atoms with E-state index in [0.29, 0.717) is 34.2 Å². The minimum Gasteiger partial charge on any atom is -0.465 e. The number of rotatable bonds is 6. The van der Waals surface area contributed by atoms with E-state index in [-0.39, 0.29) is 25.5 Å². The molecule has 1 atom stereocenters. The lowest BCUT2D eigenvalue weighted by Gasteiger charge is -2.35. The second-order valence-electron chi connectivity index (χ2n) is 8.72. The van der Waals surface area contributed by atoms with E-state index >= 15 is 0 Å². The Bertz CT molecular complexity index is 1360. The molecule has 0 aromatic heterocycles. The number of esters is 1. The zero-order valence-corrected chi connectivity index (χ0v) is 20.5. The van der Waals surface area contributed by atoms with Crippen molar-refractivity contribution in [2.45, 2.75) is 25.7 Å². The maximum Gasteiger partial charge on any atom is 0.416 e. The van der Waals surface area contributed by atoms with E-state index < -0.39 is 29.9 Å². The fourth-order valence-electron chi connectivity index (χ4n) is 4.42. The Labute approximate surface area is 217 Å². The summed E-state index contributed by atoms with van der Waals surface area (Å²) >= 11 is 0. The van der Waals surface area contributed by atoms with Crippen molar-refractivity contribution >= 4 is 17.8 Å². The molecule has 198 valence electrons. The van der Waals surface area contributed by atoms with Crippen molar-refractivity contribution in [2.24, 2.45) is 5.73 Å². The van der Waals surface area contributed by atoms with Crippen molar-refractivity contribution < 1.29 is 32.3 Å². The first-order valence-corrected chi connectivity index (χ1v) is 12.0. The molecule has 0 spiro atoms. The summed E-state index contributed by atoms with van der Waals surface area (Å²) in [5.41, 5.74) is 8.81. The average Bonchev–Trinajstić information content (AvgIpc) is 2.91. The Balaban J connectivity index is 1.54. The summed E-state index contributed by atoms with van der Waals surface area (Å²) < 4.78 is 43.7. The van der Waals surface area contributed by atoms with E-state index in [1.807, 2.05) is 0 Å². The van der Waals surface area contributed by atoms with Crippen molar-refractivity contribution in [3.05, 3.63) is 94.5 Å². The Kier molecular flexibility index (Phi) is 7.82. The monoisotopic (exact) mass is 525 g/mol. The van der Waals surface area contributed by atoms with Crippen LogP contribution in [0.2, 0.25) is 0 Å². The molecule has 1 aliphatic rings. The third kappa shape index (κ3) is 5.70. The van der Waals surface area contributed by atoms with E-state index in [0.717, 1.165) is 17.7 Å². The lowest BCUT2D eigenvalue weighted by Crippen LogP contribution is -2.49. The van der Waals surface area contributed by atoms with Gasteiger partial charge in [0.05, 0.1) is 12.2 Å². The molecule has 0 radical (unpaired) electrons. The largest absolute Gasteiger partial charge is 0.465 e. The van der Waals surface area contributed by atoms with Gasteiger partial charge in [-0.2, -0.15) is 13.2 Å². The van der Waals surface area contributed by atoms with Crippen molar-refractivity contribution in [1.29, 1.82) is 0 Å². The van der Waals surface area contributed by atoms with E-state index in [9.17, 15) is 27.6 Å². The number of nitrogens with zero attached hydrogens (tertiary/aromatic N) is 1. The summed E-state index contributed by atoms with van der Waals surface area (Å²) in [5, 5.41) is 2.50. The van der Waals surface area contributed by atoms with Gasteiger partial charge >= 0.3 is 18.2 Å². The van der Waals surface area contributed by atoms with E-state index in [1.165, 1.54) is 17.0 Å². The number of fused-ring (bicyclic) bond motifs is 1. The molecule has 3 aromatic rings. The standard InChI is InChI=1S/C28H26F3N3O4/c1-2-38-24(35)16-33-27(37)34-14-13-18-15-19(9-12-22(18)26(34)32)25(36)23-6-4-3-5-21(23)17-7-10-20(11-8-17)28(29,30)31/h3-12,15,26H,2,13-14,16,32H2,1H3,(H,33,37). The second kappa shape index (κ2) is 11.1. The van der Waals surface area contributed by atoms with Gasteiger partial charge in [-0.15, -0.1) is 0 Å². The Morgan fingerprint density at radius 1 is 1.05 bits per heavy atom. The van der Waals surface area contributed by atoms with Crippen LogP contribution < -0.4 is 11.1 Å². The topological polar surface area (TPSA) is 102 Å². The molecule has 1 aliphatic heterocycles. The molecule has 0 saturated heterocycles. The smallest absolute Gasteiger partial charge is 0.416 e. The maximum absolute atomic E-state index is 13.5. The Hall–Kier alpha value is -4.18. The number of nitrogens with two attached hydrogens (primary N) is 1. The van der Waals surface area contributed by atoms with Crippen LogP contribution in [-0.2, 0) is 22.1 Å². The quantitative estimate of drug-likeness (QED) is 0.359. The zero-order valence-electron chi connectivity index (χ0n) is 20.5. The molecule has 2 amide bonds. The van der Waals surface area contributed by atoms with Crippen LogP contribution in [0.1, 0.15) is 45.7 Å². The summed E-state index contributed by atoms with van der Waals surface area (Å²) in [6, 6.07) is 16.0. The molecule has 0 bridgehead atoms. The van der Waals surface area contributed by atoms with Crippen LogP contribution in [0.3, 0.4) is 0 Å². The third-order valence-corrected chi connectivity index (χ3v) is 6.33. The molecule has 3 aromatic carbocycles. The molecule has 0 aliphatic carbocycles. The number of amides is 2. The summed E-state index contributed by atoms with van der Waals surface area (Å²) in [6.45, 7) is 1.89. The van der Waals surface area contributed by atoms with Crippen LogP contribution >= 0.6 is 0 Å². The first-order valence-electron chi connectivity index (χ1n) is 12.0. The molecule has 0 fully saturated rings. The van der Waals surface area contributed by atoms with Gasteiger partial charge in [0, 0.05) is 17.7 Å². The highest BCUT2D eigenvalue weighted by molar-refractivity contribution is 6.13. The molecule has 0 saturated carbocycles. The minimum absolute atomic E-state index is 0.209. The number of ether oxygens (including phenoxy) is 1. The first-order chi connectivity index (χ1) is 18.1. The van der Waals surface area contributed by atoms with E-state index in [4.69, 9.17) is 10.5 Å². The maximum atomic E-state index is 13.5. The van der Waals surface area contributed by atoms with Crippen LogP contribution in [0.4, 0.5) is 18.0 Å². The molecule has 1 unspecified atom stereocenters. The van der Waals surface area contributed by atoms with Crippen LogP contribution in [0, 0.1) is 0 Å². The third-order valence-electron chi connectivity index (χ3n) is 6.33. The number of alkyl halides is 3. The highest BCUT2D eigenvalue weighted by Crippen LogP contribution is 2.33. The highest BCUT2D eigenvalue weighted by Gasteiger charge is 2.31. The van der Waals surface area contributed by atoms with Crippen molar-refractivity contribution in [2.75, 3.05) is 19.7 Å². The SMILES string of the molecule is CCOC(=O)CNC(=O)N1CCc2cc(C(=O)c3ccccc3-c3ccc(C(F)(F)F)cc3)ccc2C1N. The summed E-state index contributed by atoms with van der Waals surface area (Å²) in [6.07, 6.45) is -4.78. The van der Waals surface area contributed by atoms with Crippen LogP contribution in [-0.4, -0.2) is 42.4 Å². The molecule has 4 rings (SSSR count). The number of hydrogen-bond acceptors (Lipinski definition) is 5. The predicted molar refractivity (Wildman–Crippen MR) is 134 cm³/mol. The number of carbonyl (C=O) groups excluding carboxylic acids is 3. The summed E-state index contributed by atoms with van der Waals surface area (Å²) in [4.78, 5) is 39.0. The van der Waals surface area contributed by atoms with Crippen LogP contribution in [0.5, 0.6) is 0 Å². The van der Waals surface area contributed by atoms with Crippen molar-refractivity contribution in [1.82, 2.24) is 10.2 Å². The Morgan fingerprint density at radius 2 is 1.76 bits per heavy atom. The van der Waals surface area contributed by atoms with Crippen molar-refractivity contribution in [3.8, 4) is 11.1 Å². The van der Waals surface area contributed by atoms with Gasteiger partial charge in [0.2, 0.25) is 0 Å². The van der Waals surface area contributed by atoms with Gasteiger partial charge in [-0.1, -0.05) is 48.5 Å². The van der Waals surface area contributed by atoms with Gasteiger partial charge in [0.1, 0.15) is 12.7 Å². The fraction of sp³-hybridized carbons (Fsp3) is 0.250. The summed E-state index contributed by atoms with van der Waals surface area (Å²) in [5.74, 6) is -0.835. The summed E-state index contributed by atoms with van der Waals surface area (Å²) in [7, 11) is 0. The number of carbonyl (C=O) groups is 3. The van der Waals surface area contributed by atoms with Crippen molar-refractivity contribution in [3.63, 3.8) is 0 Å². The number of ketones is 1. The highest BCUT2D eigenvalue weighted by atomic mass is 19.4. The van der Waals surface area contributed by atoms with Gasteiger partial charge in [-0.05, 0) is 53.8 Å². The second-order valence-corrected chi connectivity index (χ2v) is 8.72. The molecule has 1 heterocycles. The molecular weight excluding hydrogens is 499 g/mol. The number of hydrogen-bond donors (Lipinski definition) is 2. The van der Waals surface area contributed by atoms with E-state index in [2.05, 4.69) is 5.32 Å². The van der Waals surface area contributed by atoms with Gasteiger partial charge in [-0.25, -0.2) is 4.79 Å². The molecular formula is C28H26F3N3O4. The van der Waals surface area contributed by atoms with Crippen LogP contribution in [0.15, 0.2) is 66.7 Å². The van der Waals surface area contributed by atoms with Gasteiger partial charge in [-0.3, -0.25) is 9.59 Å². The number of nitrogens with one attached hydrogen (secondary N) is 1. The molecule has 7 nitrogen and oxygen atoms in total. The molecule has 3 N–H and O–H groups in total. The molecule has 38 heavy (non-hydrogen) atoms. The lowest BCUT2D eigenvalue weighted by atomic mass is 9.90. The Morgan fingerprint density at radius 3 is 2.45 bits per heavy atom. The molecule has 10 heteroatoms. The fourth-order valence-corrected chi connectivity index (χ4v) is 4.42. The van der Waals surface area contributed by atoms with Gasteiger partial charge in [0.25, 0.3) is 0 Å². The minimum atomic E-state index is -4.45. The number of halogens is 3. The van der Waals surface area contributed by atoms with E-state index in [1.54, 1.807) is 49.4 Å². The van der Waals surface area contributed by atoms with Gasteiger partial charge < -0.3 is 20.7 Å².